The molecule has 0 spiro atoms. The van der Waals surface area contributed by atoms with Crippen LogP contribution >= 0.6 is 22.7 Å². The normalized spacial score (nSPS) is 14.3. The molecule has 4 nitrogen and oxygen atoms in total. The van der Waals surface area contributed by atoms with Crippen molar-refractivity contribution in [1.29, 1.82) is 0 Å². The first kappa shape index (κ1) is 13.5. The summed E-state index contributed by atoms with van der Waals surface area (Å²) in [6.45, 7) is 3.09. The number of rotatable bonds is 5. The third kappa shape index (κ3) is 2.82. The van der Waals surface area contributed by atoms with E-state index in [1.807, 2.05) is 17.5 Å². The molecule has 6 heteroatoms. The summed E-state index contributed by atoms with van der Waals surface area (Å²) in [6, 6.07) is 8.40. The Morgan fingerprint density at radius 3 is 2.70 bits per heavy atom. The summed E-state index contributed by atoms with van der Waals surface area (Å²) in [4.78, 5) is 3.73. The number of quaternary nitrogens is 1. The van der Waals surface area contributed by atoms with Gasteiger partial charge in [0.15, 0.2) is 6.04 Å². The molecule has 0 aliphatic rings. The summed E-state index contributed by atoms with van der Waals surface area (Å²) in [5.41, 5.74) is 0. The van der Waals surface area contributed by atoms with Crippen molar-refractivity contribution in [2.75, 3.05) is 7.05 Å². The molecular weight excluding hydrogens is 290 g/mol. The Kier molecular flexibility index (Phi) is 3.95. The lowest BCUT2D eigenvalue weighted by Crippen LogP contribution is -3.07. The van der Waals surface area contributed by atoms with Gasteiger partial charge in [0.2, 0.25) is 0 Å². The molecule has 0 amide bonds. The van der Waals surface area contributed by atoms with Crippen LogP contribution in [0, 0.1) is 0 Å². The molecule has 0 bridgehead atoms. The van der Waals surface area contributed by atoms with Gasteiger partial charge >= 0.3 is 0 Å². The van der Waals surface area contributed by atoms with E-state index in [1.165, 1.54) is 9.78 Å². The van der Waals surface area contributed by atoms with Crippen LogP contribution in [0.1, 0.15) is 23.7 Å². The summed E-state index contributed by atoms with van der Waals surface area (Å²) in [5.74, 6) is 1.31. The zero-order valence-corrected chi connectivity index (χ0v) is 13.0. The second kappa shape index (κ2) is 5.87. The highest BCUT2D eigenvalue weighted by atomic mass is 32.1. The first-order valence-corrected chi connectivity index (χ1v) is 8.22. The second-order valence-electron chi connectivity index (χ2n) is 4.75. The quantitative estimate of drug-likeness (QED) is 0.788. The summed E-state index contributed by atoms with van der Waals surface area (Å²) in [7, 11) is 2.15. The van der Waals surface area contributed by atoms with Crippen LogP contribution in [0.15, 0.2) is 39.4 Å². The molecule has 3 heterocycles. The summed E-state index contributed by atoms with van der Waals surface area (Å²) in [5, 5.41) is 12.5. The summed E-state index contributed by atoms with van der Waals surface area (Å²) < 4.78 is 5.80. The van der Waals surface area contributed by atoms with Crippen LogP contribution in [0.25, 0.3) is 10.8 Å². The third-order valence-electron chi connectivity index (χ3n) is 3.32. The first-order valence-electron chi connectivity index (χ1n) is 6.46. The molecule has 0 saturated carbocycles. The minimum absolute atomic E-state index is 0.179. The van der Waals surface area contributed by atoms with Gasteiger partial charge in [-0.3, -0.25) is 0 Å². The predicted octanol–water partition coefficient (Wildman–Crippen LogP) is 2.64. The van der Waals surface area contributed by atoms with E-state index >= 15 is 0 Å². The van der Waals surface area contributed by atoms with E-state index in [2.05, 4.69) is 41.7 Å². The van der Waals surface area contributed by atoms with E-state index in [1.54, 1.807) is 22.7 Å². The average Bonchev–Trinajstić information content (AvgIpc) is 3.18. The van der Waals surface area contributed by atoms with Crippen LogP contribution in [0.5, 0.6) is 0 Å². The lowest BCUT2D eigenvalue weighted by atomic mass is 10.3. The maximum Gasteiger partial charge on any atom is 0.274 e. The number of nitrogens with one attached hydrogen (secondary N) is 1. The largest absolute Gasteiger partial charge is 0.414 e. The Bertz CT molecular complexity index is 646. The van der Waals surface area contributed by atoms with Crippen LogP contribution < -0.4 is 4.90 Å². The molecule has 0 aliphatic heterocycles. The molecule has 1 unspecified atom stereocenters. The molecule has 3 aromatic rings. The summed E-state index contributed by atoms with van der Waals surface area (Å²) in [6.07, 6.45) is 0. The Morgan fingerprint density at radius 1 is 1.20 bits per heavy atom. The van der Waals surface area contributed by atoms with Crippen LogP contribution in [0.4, 0.5) is 0 Å². The van der Waals surface area contributed by atoms with Gasteiger partial charge in [0.25, 0.3) is 11.8 Å². The minimum atomic E-state index is 0.179. The van der Waals surface area contributed by atoms with Crippen molar-refractivity contribution < 1.29 is 9.32 Å². The van der Waals surface area contributed by atoms with Gasteiger partial charge in [-0.15, -0.1) is 32.9 Å². The Hall–Kier alpha value is -1.50. The Labute approximate surface area is 125 Å². The van der Waals surface area contributed by atoms with E-state index in [4.69, 9.17) is 4.42 Å². The fraction of sp³-hybridized carbons (Fsp3) is 0.286. The van der Waals surface area contributed by atoms with Gasteiger partial charge < -0.3 is 9.32 Å². The molecule has 1 N–H and O–H groups in total. The molecule has 0 fully saturated rings. The van der Waals surface area contributed by atoms with Gasteiger partial charge in [0, 0.05) is 0 Å². The smallest absolute Gasteiger partial charge is 0.274 e. The van der Waals surface area contributed by atoms with Crippen LogP contribution in [0.3, 0.4) is 0 Å². The van der Waals surface area contributed by atoms with Gasteiger partial charge in [-0.2, -0.15) is 0 Å². The lowest BCUT2D eigenvalue weighted by Gasteiger charge is -2.17. The van der Waals surface area contributed by atoms with Gasteiger partial charge in [-0.1, -0.05) is 12.1 Å². The van der Waals surface area contributed by atoms with Crippen LogP contribution in [-0.2, 0) is 6.54 Å². The molecular formula is C14H16N3OS2+. The van der Waals surface area contributed by atoms with Crippen LogP contribution in [0.2, 0.25) is 0 Å². The number of nitrogens with zero attached hydrogens (tertiary/aromatic N) is 2. The monoisotopic (exact) mass is 306 g/mol. The fourth-order valence-corrected chi connectivity index (χ4v) is 3.41. The molecule has 3 rings (SSSR count). The molecule has 0 radical (unpaired) electrons. The topological polar surface area (TPSA) is 43.4 Å². The van der Waals surface area contributed by atoms with E-state index in [0.29, 0.717) is 11.8 Å². The third-order valence-corrected chi connectivity index (χ3v) is 5.05. The Balaban J connectivity index is 1.72. The first-order chi connectivity index (χ1) is 9.74. The second-order valence-corrected chi connectivity index (χ2v) is 6.73. The van der Waals surface area contributed by atoms with Crippen molar-refractivity contribution in [3.8, 4) is 10.8 Å². The number of hydrogen-bond acceptors (Lipinski definition) is 5. The lowest BCUT2D eigenvalue weighted by molar-refractivity contribution is -0.925. The van der Waals surface area contributed by atoms with Gasteiger partial charge in [0.05, 0.1) is 16.8 Å². The van der Waals surface area contributed by atoms with Crippen molar-refractivity contribution in [1.82, 2.24) is 10.2 Å². The molecule has 0 saturated heterocycles. The molecule has 0 aliphatic carbocycles. The van der Waals surface area contributed by atoms with Gasteiger partial charge in [0.1, 0.15) is 6.54 Å². The number of aromatic nitrogens is 2. The highest BCUT2D eigenvalue weighted by molar-refractivity contribution is 7.13. The maximum absolute atomic E-state index is 5.80. The van der Waals surface area contributed by atoms with E-state index in [-0.39, 0.29) is 6.04 Å². The summed E-state index contributed by atoms with van der Waals surface area (Å²) >= 11 is 3.39. The minimum Gasteiger partial charge on any atom is -0.414 e. The van der Waals surface area contributed by atoms with Crippen molar-refractivity contribution in [2.24, 2.45) is 0 Å². The van der Waals surface area contributed by atoms with Crippen LogP contribution in [-0.4, -0.2) is 17.2 Å². The zero-order chi connectivity index (χ0) is 13.9. The molecule has 2 atom stereocenters. The highest BCUT2D eigenvalue weighted by Gasteiger charge is 2.23. The van der Waals surface area contributed by atoms with Crippen molar-refractivity contribution in [3.63, 3.8) is 0 Å². The van der Waals surface area contributed by atoms with Gasteiger partial charge in [-0.05, 0) is 29.8 Å². The van der Waals surface area contributed by atoms with E-state index < -0.39 is 0 Å². The highest BCUT2D eigenvalue weighted by Crippen LogP contribution is 2.24. The van der Waals surface area contributed by atoms with Crippen molar-refractivity contribution >= 4 is 22.7 Å². The molecule has 3 aromatic heterocycles. The average molecular weight is 306 g/mol. The predicted molar refractivity (Wildman–Crippen MR) is 80.9 cm³/mol. The van der Waals surface area contributed by atoms with Crippen molar-refractivity contribution in [2.45, 2.75) is 19.5 Å². The number of hydrogen-bond donors (Lipinski definition) is 1. The molecule has 104 valence electrons. The zero-order valence-electron chi connectivity index (χ0n) is 11.4. The number of thiophene rings is 2. The van der Waals surface area contributed by atoms with E-state index in [9.17, 15) is 0 Å². The van der Waals surface area contributed by atoms with E-state index in [0.717, 1.165) is 11.4 Å². The van der Waals surface area contributed by atoms with Crippen molar-refractivity contribution in [3.05, 3.63) is 45.8 Å². The van der Waals surface area contributed by atoms with Gasteiger partial charge in [-0.25, -0.2) is 0 Å². The SMILES string of the molecule is C[C@H](c1nnc(-c2cccs2)o1)[NH+](C)Cc1cccs1. The Morgan fingerprint density at radius 2 is 2.00 bits per heavy atom. The standard InChI is InChI=1S/C14H15N3OS2/c1-10(17(2)9-11-5-3-7-19-11)13-15-16-14(18-13)12-6-4-8-20-12/h3-8,10H,9H2,1-2H3/p+1/t10-/m1/s1. The fourth-order valence-electron chi connectivity index (χ4n) is 1.96. The maximum atomic E-state index is 5.80. The molecule has 20 heavy (non-hydrogen) atoms. The molecule has 0 aromatic carbocycles.